The van der Waals surface area contributed by atoms with Crippen LogP contribution in [0.4, 0.5) is 18.9 Å². The smallest absolute Gasteiger partial charge is 0.402 e. The van der Waals surface area contributed by atoms with Gasteiger partial charge in [0.25, 0.3) is 0 Å². The van der Waals surface area contributed by atoms with Crippen molar-refractivity contribution in [1.82, 2.24) is 4.72 Å². The molecule has 0 radical (unpaired) electrons. The van der Waals surface area contributed by atoms with Crippen molar-refractivity contribution >= 4 is 21.7 Å². The third-order valence-electron chi connectivity index (χ3n) is 2.43. The van der Waals surface area contributed by atoms with E-state index in [-0.39, 0.29) is 17.1 Å². The maximum absolute atomic E-state index is 12.1. The van der Waals surface area contributed by atoms with Crippen LogP contribution in [0.3, 0.4) is 0 Å². The fourth-order valence-corrected chi connectivity index (χ4v) is 2.26. The van der Waals surface area contributed by atoms with Gasteiger partial charge in [-0.2, -0.15) is 26.3 Å². The van der Waals surface area contributed by atoms with Crippen LogP contribution in [0.5, 0.6) is 0 Å². The topological polar surface area (TPSA) is 108 Å². The van der Waals surface area contributed by atoms with Crippen LogP contribution in [0, 0.1) is 0 Å². The summed E-state index contributed by atoms with van der Waals surface area (Å²) in [4.78, 5) is 0. The third kappa shape index (κ3) is 4.79. The molecule has 118 valence electrons. The summed E-state index contributed by atoms with van der Waals surface area (Å²) < 4.78 is 61.7. The molecule has 4 N–H and O–H groups in total. The van der Waals surface area contributed by atoms with Gasteiger partial charge in [0.1, 0.15) is 6.54 Å². The Labute approximate surface area is 119 Å². The van der Waals surface area contributed by atoms with E-state index in [2.05, 4.69) is 5.16 Å². The molecular formula is C10H13F3N4O3S. The van der Waals surface area contributed by atoms with Crippen LogP contribution >= 0.6 is 0 Å². The van der Waals surface area contributed by atoms with Gasteiger partial charge >= 0.3 is 16.4 Å². The molecule has 0 atom stereocenters. The summed E-state index contributed by atoms with van der Waals surface area (Å²) in [6.45, 7) is -1.68. The number of alkyl halides is 3. The molecule has 0 saturated carbocycles. The van der Waals surface area contributed by atoms with Gasteiger partial charge < -0.3 is 10.9 Å². The van der Waals surface area contributed by atoms with Crippen molar-refractivity contribution in [2.24, 2.45) is 10.9 Å². The lowest BCUT2D eigenvalue weighted by molar-refractivity contribution is -0.121. The first-order valence-corrected chi connectivity index (χ1v) is 6.89. The Bertz CT molecular complexity index is 631. The number of anilines is 1. The normalized spacial score (nSPS) is 13.2. The van der Waals surface area contributed by atoms with Gasteiger partial charge in [0.05, 0.1) is 5.69 Å². The highest BCUT2D eigenvalue weighted by atomic mass is 32.2. The lowest BCUT2D eigenvalue weighted by atomic mass is 10.2. The number of hydrogen-bond acceptors (Lipinski definition) is 4. The van der Waals surface area contributed by atoms with Gasteiger partial charge in [-0.1, -0.05) is 17.3 Å². The summed E-state index contributed by atoms with van der Waals surface area (Å²) >= 11 is 0. The van der Waals surface area contributed by atoms with E-state index in [1.807, 2.05) is 0 Å². The minimum Gasteiger partial charge on any atom is -0.409 e. The molecule has 0 bridgehead atoms. The van der Waals surface area contributed by atoms with Crippen molar-refractivity contribution < 1.29 is 26.8 Å². The molecule has 21 heavy (non-hydrogen) atoms. The fourth-order valence-electron chi connectivity index (χ4n) is 1.33. The molecule has 0 fully saturated rings. The highest BCUT2D eigenvalue weighted by Crippen LogP contribution is 2.18. The largest absolute Gasteiger partial charge is 0.409 e. The number of halogens is 3. The van der Waals surface area contributed by atoms with Crippen molar-refractivity contribution in [3.63, 3.8) is 0 Å². The predicted molar refractivity (Wildman–Crippen MR) is 70.3 cm³/mol. The van der Waals surface area contributed by atoms with Crippen molar-refractivity contribution in [1.29, 1.82) is 0 Å². The standard InChI is InChI=1S/C10H13F3N4O3S/c1-17(21(19,20)15-6-10(11,12)13)8-4-2-3-7(5-8)9(14)16-18/h2-5,15,18H,6H2,1H3,(H2,14,16). The molecule has 0 aliphatic heterocycles. The summed E-state index contributed by atoms with van der Waals surface area (Å²) in [5.74, 6) is -0.258. The van der Waals surface area contributed by atoms with Crippen molar-refractivity contribution in [2.45, 2.75) is 6.18 Å². The first kappa shape index (κ1) is 17.0. The van der Waals surface area contributed by atoms with Crippen LogP contribution in [0.15, 0.2) is 29.4 Å². The van der Waals surface area contributed by atoms with E-state index in [0.717, 1.165) is 7.05 Å². The SMILES string of the molecule is CN(c1cccc(/C(N)=N/O)c1)S(=O)(=O)NCC(F)(F)F. The number of nitrogens with one attached hydrogen (secondary N) is 1. The van der Waals surface area contributed by atoms with Gasteiger partial charge in [-0.15, -0.1) is 0 Å². The number of nitrogens with zero attached hydrogens (tertiary/aromatic N) is 2. The quantitative estimate of drug-likeness (QED) is 0.319. The number of benzene rings is 1. The van der Waals surface area contributed by atoms with E-state index in [9.17, 15) is 21.6 Å². The molecule has 7 nitrogen and oxygen atoms in total. The van der Waals surface area contributed by atoms with Crippen LogP contribution in [0.2, 0.25) is 0 Å². The Morgan fingerprint density at radius 1 is 1.48 bits per heavy atom. The molecule has 0 unspecified atom stereocenters. The Balaban J connectivity index is 3.00. The van der Waals surface area contributed by atoms with Crippen LogP contribution < -0.4 is 14.8 Å². The predicted octanol–water partition coefficient (Wildman–Crippen LogP) is 0.614. The molecule has 0 aliphatic rings. The van der Waals surface area contributed by atoms with Gasteiger partial charge in [-0.05, 0) is 12.1 Å². The number of oxime groups is 1. The third-order valence-corrected chi connectivity index (χ3v) is 3.87. The average molecular weight is 326 g/mol. The van der Waals surface area contributed by atoms with E-state index in [4.69, 9.17) is 10.9 Å². The number of rotatable bonds is 5. The van der Waals surface area contributed by atoms with Gasteiger partial charge in [0, 0.05) is 12.6 Å². The number of amidine groups is 1. The minimum atomic E-state index is -4.66. The van der Waals surface area contributed by atoms with Gasteiger partial charge in [0.2, 0.25) is 0 Å². The van der Waals surface area contributed by atoms with Crippen LogP contribution in [-0.2, 0) is 10.2 Å². The van der Waals surface area contributed by atoms with Gasteiger partial charge in [0.15, 0.2) is 5.84 Å². The fraction of sp³-hybridized carbons (Fsp3) is 0.300. The zero-order chi connectivity index (χ0) is 16.3. The highest BCUT2D eigenvalue weighted by Gasteiger charge is 2.31. The van der Waals surface area contributed by atoms with Crippen molar-refractivity contribution in [3.8, 4) is 0 Å². The molecule has 1 aromatic rings. The highest BCUT2D eigenvalue weighted by molar-refractivity contribution is 7.90. The molecule has 0 saturated heterocycles. The second-order valence-corrected chi connectivity index (χ2v) is 5.73. The lowest BCUT2D eigenvalue weighted by Crippen LogP contribution is -2.42. The Kier molecular flexibility index (Phi) is 5.01. The summed E-state index contributed by atoms with van der Waals surface area (Å²) in [6.07, 6.45) is -4.66. The summed E-state index contributed by atoms with van der Waals surface area (Å²) in [7, 11) is -3.30. The zero-order valence-electron chi connectivity index (χ0n) is 10.8. The molecule has 1 rings (SSSR count). The zero-order valence-corrected chi connectivity index (χ0v) is 11.6. The minimum absolute atomic E-state index is 0.0498. The Morgan fingerprint density at radius 3 is 2.62 bits per heavy atom. The van der Waals surface area contributed by atoms with E-state index in [1.54, 1.807) is 0 Å². The molecule has 0 aliphatic carbocycles. The van der Waals surface area contributed by atoms with Crippen LogP contribution in [0.25, 0.3) is 0 Å². The molecule has 0 spiro atoms. The number of hydrogen-bond donors (Lipinski definition) is 3. The molecule has 0 aromatic heterocycles. The van der Waals surface area contributed by atoms with E-state index in [1.165, 1.54) is 29.0 Å². The Hall–Kier alpha value is -2.01. The second-order valence-electron chi connectivity index (χ2n) is 3.94. The lowest BCUT2D eigenvalue weighted by Gasteiger charge is -2.20. The van der Waals surface area contributed by atoms with Crippen LogP contribution in [-0.4, -0.2) is 39.2 Å². The average Bonchev–Trinajstić information content (AvgIpc) is 2.43. The number of nitrogens with two attached hydrogens (primary N) is 1. The maximum Gasteiger partial charge on any atom is 0.402 e. The van der Waals surface area contributed by atoms with E-state index in [0.29, 0.717) is 4.31 Å². The second kappa shape index (κ2) is 6.18. The van der Waals surface area contributed by atoms with Crippen molar-refractivity contribution in [3.05, 3.63) is 29.8 Å². The Morgan fingerprint density at radius 2 is 2.10 bits per heavy atom. The van der Waals surface area contributed by atoms with E-state index < -0.39 is 22.9 Å². The summed E-state index contributed by atoms with van der Waals surface area (Å²) in [5, 5.41) is 11.3. The molecular weight excluding hydrogens is 313 g/mol. The van der Waals surface area contributed by atoms with Gasteiger partial charge in [-0.25, -0.2) is 0 Å². The molecule has 0 heterocycles. The molecule has 0 amide bonds. The van der Waals surface area contributed by atoms with E-state index >= 15 is 0 Å². The monoisotopic (exact) mass is 326 g/mol. The molecule has 1 aromatic carbocycles. The van der Waals surface area contributed by atoms with Crippen LogP contribution in [0.1, 0.15) is 5.56 Å². The van der Waals surface area contributed by atoms with Gasteiger partial charge in [-0.3, -0.25) is 4.31 Å². The first-order chi connectivity index (χ1) is 9.57. The maximum atomic E-state index is 12.1. The van der Waals surface area contributed by atoms with Crippen molar-refractivity contribution in [2.75, 3.05) is 17.9 Å². The summed E-state index contributed by atoms with van der Waals surface area (Å²) in [6, 6.07) is 5.46. The molecule has 11 heteroatoms. The summed E-state index contributed by atoms with van der Waals surface area (Å²) in [5.41, 5.74) is 5.62. The first-order valence-electron chi connectivity index (χ1n) is 5.45.